The summed E-state index contributed by atoms with van der Waals surface area (Å²) < 4.78 is 12.4. The molecule has 0 amide bonds. The Hall–Kier alpha value is -1.28. The molecule has 0 aromatic heterocycles. The number of aliphatic carboxylic acids is 1. The third-order valence-corrected chi connectivity index (χ3v) is 4.67. The first kappa shape index (κ1) is 16.8. The molecule has 0 radical (unpaired) electrons. The summed E-state index contributed by atoms with van der Waals surface area (Å²) in [6.45, 7) is 1.48. The molecule has 0 bridgehead atoms. The molecule has 0 aliphatic heterocycles. The molecule has 1 rings (SSSR count). The normalized spacial score (nSPS) is 25.5. The Morgan fingerprint density at radius 2 is 2.25 bits per heavy atom. The van der Waals surface area contributed by atoms with Crippen LogP contribution in [0, 0.1) is 5.92 Å². The van der Waals surface area contributed by atoms with Crippen LogP contribution in [0.3, 0.4) is 0 Å². The molecule has 0 heterocycles. The van der Waals surface area contributed by atoms with Gasteiger partial charge in [0.05, 0.1) is 11.2 Å². The number of Topliss-reactive ketones (excluding diaryl/α,β-unsaturated/α-hetero) is 2. The van der Waals surface area contributed by atoms with Crippen molar-refractivity contribution in [3.8, 4) is 0 Å². The van der Waals surface area contributed by atoms with Gasteiger partial charge in [-0.2, -0.15) is 0 Å². The first-order valence-electron chi connectivity index (χ1n) is 6.16. The minimum atomic E-state index is -1.43. The van der Waals surface area contributed by atoms with Crippen molar-refractivity contribution in [3.63, 3.8) is 0 Å². The highest BCUT2D eigenvalue weighted by Crippen LogP contribution is 2.34. The fraction of sp³-hybridized carbons (Fsp3) is 0.667. The summed E-state index contributed by atoms with van der Waals surface area (Å²) in [6.07, 6.45) is 0.988. The Bertz CT molecular complexity index is 417. The van der Waals surface area contributed by atoms with Gasteiger partial charge in [0, 0.05) is 18.1 Å². The number of carbonyl (C=O) groups excluding carboxylic acids is 3. The summed E-state index contributed by atoms with van der Waals surface area (Å²) in [5, 5.41) is 7.43. The number of ketones is 2. The van der Waals surface area contributed by atoms with Gasteiger partial charge in [0.25, 0.3) is 0 Å². The van der Waals surface area contributed by atoms with Crippen molar-refractivity contribution in [2.24, 2.45) is 5.92 Å². The minimum absolute atomic E-state index is 0.00991. The van der Waals surface area contributed by atoms with Crippen LogP contribution in [0.4, 0.5) is 4.48 Å². The van der Waals surface area contributed by atoms with Crippen molar-refractivity contribution in [1.82, 2.24) is 5.54 Å². The molecule has 112 valence electrons. The van der Waals surface area contributed by atoms with Crippen LogP contribution in [0.5, 0.6) is 0 Å². The fourth-order valence-corrected chi connectivity index (χ4v) is 3.54. The highest BCUT2D eigenvalue weighted by molar-refractivity contribution is 8.01. The largest absolute Gasteiger partial charge is 0.480 e. The number of carboxylic acids is 1. The molecule has 4 unspecified atom stereocenters. The van der Waals surface area contributed by atoms with Crippen molar-refractivity contribution in [2.45, 2.75) is 42.7 Å². The van der Waals surface area contributed by atoms with Crippen LogP contribution in [0.2, 0.25) is 0 Å². The zero-order valence-corrected chi connectivity index (χ0v) is 11.7. The van der Waals surface area contributed by atoms with Gasteiger partial charge in [0.15, 0.2) is 5.78 Å². The van der Waals surface area contributed by atoms with E-state index in [2.05, 4.69) is 0 Å². The molecule has 0 aromatic carbocycles. The second-order valence-electron chi connectivity index (χ2n) is 4.62. The predicted octanol–water partition coefficient (Wildman–Crippen LogP) is 0.541. The number of carbonyl (C=O) groups is 4. The summed E-state index contributed by atoms with van der Waals surface area (Å²) in [6, 6.07) is -1.43. The van der Waals surface area contributed by atoms with Crippen molar-refractivity contribution >= 4 is 35.6 Å². The van der Waals surface area contributed by atoms with E-state index in [1.807, 2.05) is 0 Å². The smallest absolute Gasteiger partial charge is 0.324 e. The van der Waals surface area contributed by atoms with Gasteiger partial charge in [-0.3, -0.25) is 14.4 Å². The Labute approximate surface area is 119 Å². The summed E-state index contributed by atoms with van der Waals surface area (Å²) >= 11 is 0.975. The van der Waals surface area contributed by atoms with E-state index in [-0.39, 0.29) is 30.8 Å². The molecular weight excluding hydrogens is 289 g/mol. The van der Waals surface area contributed by atoms with Gasteiger partial charge < -0.3 is 9.90 Å². The lowest BCUT2D eigenvalue weighted by Crippen LogP contribution is -2.40. The SMILES string of the molecule is CC(SC1CC(=O)C(CCC=O)C1=O)C(NF)C(=O)O. The first-order chi connectivity index (χ1) is 9.42. The lowest BCUT2D eigenvalue weighted by atomic mass is 10.0. The van der Waals surface area contributed by atoms with Crippen LogP contribution in [0.1, 0.15) is 26.2 Å². The van der Waals surface area contributed by atoms with E-state index in [0.717, 1.165) is 11.8 Å². The van der Waals surface area contributed by atoms with Crippen molar-refractivity contribution in [3.05, 3.63) is 0 Å². The molecule has 1 aliphatic rings. The van der Waals surface area contributed by atoms with Gasteiger partial charge in [-0.25, -0.2) is 0 Å². The van der Waals surface area contributed by atoms with Crippen LogP contribution in [0.15, 0.2) is 0 Å². The molecule has 4 atom stereocenters. The topological polar surface area (TPSA) is 101 Å². The fourth-order valence-electron chi connectivity index (χ4n) is 2.14. The second-order valence-corrected chi connectivity index (χ2v) is 6.21. The lowest BCUT2D eigenvalue weighted by molar-refractivity contribution is -0.140. The number of aldehydes is 1. The summed E-state index contributed by atoms with van der Waals surface area (Å²) in [4.78, 5) is 44.8. The first-order valence-corrected chi connectivity index (χ1v) is 7.11. The number of hydrogen-bond acceptors (Lipinski definition) is 6. The zero-order valence-electron chi connectivity index (χ0n) is 10.9. The number of thioether (sulfide) groups is 1. The van der Waals surface area contributed by atoms with Crippen LogP contribution >= 0.6 is 11.8 Å². The number of rotatable bonds is 8. The van der Waals surface area contributed by atoms with E-state index in [4.69, 9.17) is 5.11 Å². The average molecular weight is 305 g/mol. The average Bonchev–Trinajstić information content (AvgIpc) is 2.62. The number of hydrogen-bond donors (Lipinski definition) is 2. The Morgan fingerprint density at radius 3 is 2.75 bits per heavy atom. The van der Waals surface area contributed by atoms with Gasteiger partial charge in [0.1, 0.15) is 18.1 Å². The number of nitrogens with one attached hydrogen (secondary N) is 1. The third kappa shape index (κ3) is 3.86. The van der Waals surface area contributed by atoms with Gasteiger partial charge in [-0.05, 0) is 6.42 Å². The van der Waals surface area contributed by atoms with Crippen molar-refractivity contribution in [1.29, 1.82) is 0 Å². The van der Waals surface area contributed by atoms with Crippen LogP contribution in [-0.4, -0.2) is 45.5 Å². The van der Waals surface area contributed by atoms with E-state index in [9.17, 15) is 23.7 Å². The zero-order chi connectivity index (χ0) is 15.3. The van der Waals surface area contributed by atoms with Crippen LogP contribution in [-0.2, 0) is 19.2 Å². The Morgan fingerprint density at radius 1 is 1.60 bits per heavy atom. The maximum absolute atomic E-state index is 12.4. The Balaban J connectivity index is 2.65. The molecule has 2 N–H and O–H groups in total. The van der Waals surface area contributed by atoms with E-state index >= 15 is 0 Å². The van der Waals surface area contributed by atoms with Crippen molar-refractivity contribution < 1.29 is 28.8 Å². The second kappa shape index (κ2) is 7.49. The maximum atomic E-state index is 12.4. The quantitative estimate of drug-likeness (QED) is 0.383. The number of carboxylic acid groups (broad SMARTS) is 1. The van der Waals surface area contributed by atoms with Gasteiger partial charge in [0.2, 0.25) is 0 Å². The predicted molar refractivity (Wildman–Crippen MR) is 69.9 cm³/mol. The lowest BCUT2D eigenvalue weighted by Gasteiger charge is -2.19. The third-order valence-electron chi connectivity index (χ3n) is 3.24. The van der Waals surface area contributed by atoms with E-state index in [1.54, 1.807) is 0 Å². The monoisotopic (exact) mass is 305 g/mol. The molecule has 6 nitrogen and oxygen atoms in total. The molecule has 0 spiro atoms. The van der Waals surface area contributed by atoms with Gasteiger partial charge >= 0.3 is 5.97 Å². The molecule has 1 saturated carbocycles. The van der Waals surface area contributed by atoms with Gasteiger partial charge in [-0.15, -0.1) is 21.8 Å². The summed E-state index contributed by atoms with van der Waals surface area (Å²) in [5.74, 6) is -2.67. The van der Waals surface area contributed by atoms with Gasteiger partial charge in [-0.1, -0.05) is 6.92 Å². The molecule has 20 heavy (non-hydrogen) atoms. The number of halogens is 1. The Kier molecular flexibility index (Phi) is 6.28. The molecule has 1 fully saturated rings. The van der Waals surface area contributed by atoms with E-state index < -0.39 is 28.4 Å². The molecule has 8 heteroatoms. The van der Waals surface area contributed by atoms with Crippen LogP contribution in [0.25, 0.3) is 0 Å². The molecular formula is C12H16FNO5S. The summed E-state index contributed by atoms with van der Waals surface area (Å²) in [5.41, 5.74) is 1.18. The standard InChI is InChI=1S/C12H16FNO5S/c1-6(10(14-13)12(18)19)20-9-5-8(16)7(11(9)17)3-2-4-15/h4,6-7,9-10,14H,2-3,5H2,1H3,(H,18,19). The highest BCUT2D eigenvalue weighted by atomic mass is 32.2. The van der Waals surface area contributed by atoms with E-state index in [1.165, 1.54) is 12.5 Å². The minimum Gasteiger partial charge on any atom is -0.480 e. The van der Waals surface area contributed by atoms with Crippen molar-refractivity contribution in [2.75, 3.05) is 0 Å². The maximum Gasteiger partial charge on any atom is 0.324 e. The van der Waals surface area contributed by atoms with E-state index in [0.29, 0.717) is 6.29 Å². The summed E-state index contributed by atoms with van der Waals surface area (Å²) in [7, 11) is 0. The van der Waals surface area contributed by atoms with Crippen LogP contribution < -0.4 is 5.54 Å². The molecule has 0 saturated heterocycles. The molecule has 1 aliphatic carbocycles. The molecule has 0 aromatic rings. The highest BCUT2D eigenvalue weighted by Gasteiger charge is 2.42.